The third-order valence-electron chi connectivity index (χ3n) is 2.74. The second kappa shape index (κ2) is 3.83. The Bertz CT molecular complexity index is 429. The SMILES string of the molecule is [CH2]C(CC)c1ccc2ccccc2c1. The van der Waals surface area contributed by atoms with Gasteiger partial charge in [-0.05, 0) is 35.6 Å². The molecule has 1 radical (unpaired) electrons. The topological polar surface area (TPSA) is 0 Å². The van der Waals surface area contributed by atoms with E-state index in [2.05, 4.69) is 56.3 Å². The summed E-state index contributed by atoms with van der Waals surface area (Å²) in [6.45, 7) is 6.31. The third-order valence-corrected chi connectivity index (χ3v) is 2.74. The Balaban J connectivity index is 2.51. The fourth-order valence-electron chi connectivity index (χ4n) is 1.70. The minimum Gasteiger partial charge on any atom is -0.0648 e. The summed E-state index contributed by atoms with van der Waals surface area (Å²) in [5.74, 6) is 0.416. The summed E-state index contributed by atoms with van der Waals surface area (Å²) in [5, 5.41) is 2.62. The first kappa shape index (κ1) is 9.26. The van der Waals surface area contributed by atoms with E-state index in [4.69, 9.17) is 0 Å². The van der Waals surface area contributed by atoms with Crippen LogP contribution in [0.25, 0.3) is 10.8 Å². The third kappa shape index (κ3) is 1.65. The molecule has 1 unspecified atom stereocenters. The smallest absolute Gasteiger partial charge is 0.0164 e. The first-order valence-corrected chi connectivity index (χ1v) is 5.13. The monoisotopic (exact) mass is 183 g/mol. The van der Waals surface area contributed by atoms with Crippen molar-refractivity contribution in [3.8, 4) is 0 Å². The Kier molecular flexibility index (Phi) is 2.53. The lowest BCUT2D eigenvalue weighted by molar-refractivity contribution is 0.803. The van der Waals surface area contributed by atoms with Gasteiger partial charge in [0.25, 0.3) is 0 Å². The van der Waals surface area contributed by atoms with Crippen LogP contribution in [0.3, 0.4) is 0 Å². The zero-order valence-corrected chi connectivity index (χ0v) is 8.53. The van der Waals surface area contributed by atoms with Crippen LogP contribution in [-0.4, -0.2) is 0 Å². The molecule has 2 rings (SSSR count). The normalized spacial score (nSPS) is 13.0. The molecule has 0 N–H and O–H groups in total. The standard InChI is InChI=1S/C14H15/c1-3-11(2)13-9-8-12-6-4-5-7-14(12)10-13/h4-11H,2-3H2,1H3. The van der Waals surface area contributed by atoms with Gasteiger partial charge in [0.1, 0.15) is 0 Å². The maximum atomic E-state index is 4.13. The highest BCUT2D eigenvalue weighted by Crippen LogP contribution is 2.22. The number of rotatable bonds is 2. The van der Waals surface area contributed by atoms with Crippen molar-refractivity contribution in [1.29, 1.82) is 0 Å². The average molecular weight is 183 g/mol. The van der Waals surface area contributed by atoms with E-state index in [1.165, 1.54) is 16.3 Å². The molecule has 0 amide bonds. The lowest BCUT2D eigenvalue weighted by Gasteiger charge is -2.09. The first-order chi connectivity index (χ1) is 6.81. The zero-order valence-electron chi connectivity index (χ0n) is 8.53. The van der Waals surface area contributed by atoms with Crippen LogP contribution in [0.4, 0.5) is 0 Å². The second-order valence-corrected chi connectivity index (χ2v) is 3.71. The van der Waals surface area contributed by atoms with Crippen LogP contribution < -0.4 is 0 Å². The van der Waals surface area contributed by atoms with Crippen LogP contribution in [0.2, 0.25) is 0 Å². The molecule has 0 bridgehead atoms. The van der Waals surface area contributed by atoms with E-state index < -0.39 is 0 Å². The number of hydrogen-bond acceptors (Lipinski definition) is 0. The van der Waals surface area contributed by atoms with E-state index in [0.717, 1.165) is 6.42 Å². The van der Waals surface area contributed by atoms with E-state index in [1.807, 2.05) is 0 Å². The quantitative estimate of drug-likeness (QED) is 0.655. The van der Waals surface area contributed by atoms with Crippen LogP contribution in [-0.2, 0) is 0 Å². The van der Waals surface area contributed by atoms with Gasteiger partial charge in [-0.1, -0.05) is 49.4 Å². The van der Waals surface area contributed by atoms with Crippen molar-refractivity contribution in [3.63, 3.8) is 0 Å². The van der Waals surface area contributed by atoms with Gasteiger partial charge in [-0.15, -0.1) is 0 Å². The second-order valence-electron chi connectivity index (χ2n) is 3.71. The number of fused-ring (bicyclic) bond motifs is 1. The molecular formula is C14H15. The molecular weight excluding hydrogens is 168 g/mol. The molecule has 71 valence electrons. The molecule has 0 spiro atoms. The molecule has 0 fully saturated rings. The lowest BCUT2D eigenvalue weighted by atomic mass is 9.96. The average Bonchev–Trinajstić information content (AvgIpc) is 2.27. The molecule has 0 aliphatic rings. The van der Waals surface area contributed by atoms with E-state index in [1.54, 1.807) is 0 Å². The fraction of sp³-hybridized carbons (Fsp3) is 0.214. The number of benzene rings is 2. The van der Waals surface area contributed by atoms with Gasteiger partial charge in [-0.25, -0.2) is 0 Å². The van der Waals surface area contributed by atoms with Gasteiger partial charge in [0.15, 0.2) is 0 Å². The summed E-state index contributed by atoms with van der Waals surface area (Å²) in [6, 6.07) is 15.1. The van der Waals surface area contributed by atoms with Crippen molar-refractivity contribution in [1.82, 2.24) is 0 Å². The summed E-state index contributed by atoms with van der Waals surface area (Å²) in [4.78, 5) is 0. The zero-order chi connectivity index (χ0) is 9.97. The fourth-order valence-corrected chi connectivity index (χ4v) is 1.70. The summed E-state index contributed by atoms with van der Waals surface area (Å²) in [6.07, 6.45) is 1.10. The maximum absolute atomic E-state index is 4.13. The summed E-state index contributed by atoms with van der Waals surface area (Å²) in [5.41, 5.74) is 1.34. The minimum atomic E-state index is 0.416. The molecule has 0 aliphatic carbocycles. The maximum Gasteiger partial charge on any atom is -0.0164 e. The Morgan fingerprint density at radius 2 is 1.79 bits per heavy atom. The molecule has 2 aromatic carbocycles. The van der Waals surface area contributed by atoms with Gasteiger partial charge in [0, 0.05) is 0 Å². The van der Waals surface area contributed by atoms with Crippen LogP contribution in [0.15, 0.2) is 42.5 Å². The van der Waals surface area contributed by atoms with E-state index in [0.29, 0.717) is 5.92 Å². The van der Waals surface area contributed by atoms with E-state index in [-0.39, 0.29) is 0 Å². The van der Waals surface area contributed by atoms with E-state index >= 15 is 0 Å². The summed E-state index contributed by atoms with van der Waals surface area (Å²) < 4.78 is 0. The highest BCUT2D eigenvalue weighted by atomic mass is 14.1. The van der Waals surface area contributed by atoms with E-state index in [9.17, 15) is 0 Å². The summed E-state index contributed by atoms with van der Waals surface area (Å²) in [7, 11) is 0. The highest BCUT2D eigenvalue weighted by molar-refractivity contribution is 5.83. The van der Waals surface area contributed by atoms with Crippen molar-refractivity contribution in [2.24, 2.45) is 0 Å². The van der Waals surface area contributed by atoms with Crippen molar-refractivity contribution in [2.75, 3.05) is 0 Å². The minimum absolute atomic E-state index is 0.416. The van der Waals surface area contributed by atoms with Crippen molar-refractivity contribution >= 4 is 10.8 Å². The van der Waals surface area contributed by atoms with Gasteiger partial charge in [0.2, 0.25) is 0 Å². The largest absolute Gasteiger partial charge is 0.0648 e. The Morgan fingerprint density at radius 3 is 2.50 bits per heavy atom. The molecule has 2 aromatic rings. The van der Waals surface area contributed by atoms with Gasteiger partial charge >= 0.3 is 0 Å². The lowest BCUT2D eigenvalue weighted by Crippen LogP contribution is -1.90. The van der Waals surface area contributed by atoms with Gasteiger partial charge in [-0.2, -0.15) is 0 Å². The summed E-state index contributed by atoms with van der Waals surface area (Å²) >= 11 is 0. The molecule has 1 atom stereocenters. The van der Waals surface area contributed by atoms with Crippen molar-refractivity contribution in [3.05, 3.63) is 55.0 Å². The Labute approximate surface area is 85.6 Å². The Morgan fingerprint density at radius 1 is 1.07 bits per heavy atom. The molecule has 14 heavy (non-hydrogen) atoms. The molecule has 0 saturated heterocycles. The molecule has 0 heteroatoms. The molecule has 0 saturated carbocycles. The van der Waals surface area contributed by atoms with Gasteiger partial charge in [0.05, 0.1) is 0 Å². The van der Waals surface area contributed by atoms with Gasteiger partial charge < -0.3 is 0 Å². The molecule has 0 aromatic heterocycles. The highest BCUT2D eigenvalue weighted by Gasteiger charge is 2.02. The Hall–Kier alpha value is -1.30. The van der Waals surface area contributed by atoms with Crippen molar-refractivity contribution in [2.45, 2.75) is 19.3 Å². The predicted octanol–water partition coefficient (Wildman–Crippen LogP) is 4.17. The van der Waals surface area contributed by atoms with Crippen LogP contribution in [0.1, 0.15) is 24.8 Å². The van der Waals surface area contributed by atoms with Crippen LogP contribution in [0.5, 0.6) is 0 Å². The predicted molar refractivity (Wildman–Crippen MR) is 62.3 cm³/mol. The van der Waals surface area contributed by atoms with Crippen LogP contribution in [0, 0.1) is 6.92 Å². The van der Waals surface area contributed by atoms with Crippen LogP contribution >= 0.6 is 0 Å². The molecule has 0 heterocycles. The molecule has 0 aliphatic heterocycles. The molecule has 0 nitrogen and oxygen atoms in total. The van der Waals surface area contributed by atoms with Crippen molar-refractivity contribution < 1.29 is 0 Å². The van der Waals surface area contributed by atoms with Gasteiger partial charge in [-0.3, -0.25) is 0 Å². The number of hydrogen-bond donors (Lipinski definition) is 0. The first-order valence-electron chi connectivity index (χ1n) is 5.13.